The third kappa shape index (κ3) is 5.58. The summed E-state index contributed by atoms with van der Waals surface area (Å²) in [6, 6.07) is 0. The van der Waals surface area contributed by atoms with Crippen LogP contribution in [-0.4, -0.2) is 64.6 Å². The number of rotatable bonds is 5. The van der Waals surface area contributed by atoms with Crippen molar-refractivity contribution in [3.8, 4) is 0 Å². The Hall–Kier alpha value is 1.24. The fraction of sp³-hybridized carbons (Fsp3) is 0.920. The van der Waals surface area contributed by atoms with Crippen LogP contribution >= 0.6 is 47.0 Å². The molecule has 0 radical (unpaired) electrons. The maximum absolute atomic E-state index is 7.27. The third-order valence-corrected chi connectivity index (χ3v) is 19.8. The van der Waals surface area contributed by atoms with Crippen molar-refractivity contribution in [3.05, 3.63) is 11.6 Å². The number of ether oxygens (including phenoxy) is 2. The SMILES string of the molecule is CO[C@H]1O[C@](C)([C@@H](O[Si](C)(C)C(C)(C)C)C2=CCC3(CC2)SCCS3)CCC12SCCCS2. The van der Waals surface area contributed by atoms with E-state index >= 15 is 0 Å². The third-order valence-electron chi connectivity index (χ3n) is 8.29. The van der Waals surface area contributed by atoms with Gasteiger partial charge in [-0.25, -0.2) is 0 Å². The Balaban J connectivity index is 1.62. The molecule has 3 atom stereocenters. The van der Waals surface area contributed by atoms with E-state index in [0.29, 0.717) is 4.08 Å². The predicted molar refractivity (Wildman–Crippen MR) is 153 cm³/mol. The van der Waals surface area contributed by atoms with Crippen LogP contribution in [0, 0.1) is 0 Å². The molecule has 3 heterocycles. The van der Waals surface area contributed by atoms with E-state index in [1.807, 2.05) is 7.11 Å². The molecule has 0 unspecified atom stereocenters. The first kappa shape index (κ1) is 27.3. The molecular weight excluding hydrogens is 505 g/mol. The number of methoxy groups -OCH3 is 1. The van der Waals surface area contributed by atoms with Crippen LogP contribution in [0.1, 0.15) is 66.2 Å². The average Bonchev–Trinajstić information content (AvgIpc) is 3.23. The number of hydrogen-bond acceptors (Lipinski definition) is 7. The zero-order valence-corrected chi connectivity index (χ0v) is 25.9. The molecule has 0 aromatic heterocycles. The highest BCUT2D eigenvalue weighted by atomic mass is 32.2. The van der Waals surface area contributed by atoms with E-state index < -0.39 is 8.32 Å². The van der Waals surface area contributed by atoms with Gasteiger partial charge < -0.3 is 13.9 Å². The van der Waals surface area contributed by atoms with E-state index in [1.54, 1.807) is 0 Å². The van der Waals surface area contributed by atoms with Crippen molar-refractivity contribution in [1.82, 2.24) is 0 Å². The van der Waals surface area contributed by atoms with Crippen molar-refractivity contribution in [2.45, 2.75) is 111 Å². The Bertz CT molecular complexity index is 726. The maximum atomic E-state index is 7.27. The highest BCUT2D eigenvalue weighted by molar-refractivity contribution is 8.21. The van der Waals surface area contributed by atoms with E-state index in [9.17, 15) is 0 Å². The highest BCUT2D eigenvalue weighted by Gasteiger charge is 2.56. The first-order chi connectivity index (χ1) is 15.4. The topological polar surface area (TPSA) is 27.7 Å². The predicted octanol–water partition coefficient (Wildman–Crippen LogP) is 7.77. The minimum atomic E-state index is -1.99. The summed E-state index contributed by atoms with van der Waals surface area (Å²) in [5.74, 6) is 5.01. The molecule has 0 amide bonds. The molecule has 2 spiro atoms. The van der Waals surface area contributed by atoms with Crippen LogP contribution in [0.15, 0.2) is 11.6 Å². The summed E-state index contributed by atoms with van der Waals surface area (Å²) >= 11 is 8.48. The van der Waals surface area contributed by atoms with Gasteiger partial charge in [-0.3, -0.25) is 0 Å². The van der Waals surface area contributed by atoms with Crippen LogP contribution in [0.3, 0.4) is 0 Å². The molecule has 0 aromatic carbocycles. The Kier molecular flexibility index (Phi) is 8.42. The van der Waals surface area contributed by atoms with Crippen molar-refractivity contribution >= 4 is 55.4 Å². The second-order valence-electron chi connectivity index (χ2n) is 11.7. The molecule has 8 heteroatoms. The molecule has 4 rings (SSSR count). The van der Waals surface area contributed by atoms with Gasteiger partial charge in [-0.2, -0.15) is 0 Å². The monoisotopic (exact) mass is 548 g/mol. The van der Waals surface area contributed by atoms with Crippen LogP contribution < -0.4 is 0 Å². The van der Waals surface area contributed by atoms with Gasteiger partial charge in [0.2, 0.25) is 0 Å². The Morgan fingerprint density at radius 3 is 2.24 bits per heavy atom. The standard InChI is InChI=1S/C25H44O3S4Si/c1-22(2,3)33(6,7)28-20(19-9-11-24(12-10-19)29-17-18-30-24)23(4)13-14-25(21(26-5)27-23)31-15-8-16-32-25/h9,20-21H,8,10-18H2,1-7H3/t20-,21-,23-/m0/s1. The quantitative estimate of drug-likeness (QED) is 0.256. The normalized spacial score (nSPS) is 33.3. The summed E-state index contributed by atoms with van der Waals surface area (Å²) < 4.78 is 20.8. The van der Waals surface area contributed by atoms with Crippen LogP contribution in [0.5, 0.6) is 0 Å². The van der Waals surface area contributed by atoms with Gasteiger partial charge in [-0.1, -0.05) is 26.8 Å². The van der Waals surface area contributed by atoms with Crippen molar-refractivity contribution in [3.63, 3.8) is 0 Å². The van der Waals surface area contributed by atoms with Crippen LogP contribution in [0.4, 0.5) is 0 Å². The fourth-order valence-electron chi connectivity index (χ4n) is 5.11. The first-order valence-electron chi connectivity index (χ1n) is 12.6. The molecule has 3 aliphatic heterocycles. The van der Waals surface area contributed by atoms with Crippen LogP contribution in [0.2, 0.25) is 18.1 Å². The Labute approximate surface area is 220 Å². The van der Waals surface area contributed by atoms with Gasteiger partial charge in [-0.05, 0) is 80.7 Å². The highest BCUT2D eigenvalue weighted by Crippen LogP contribution is 2.57. The van der Waals surface area contributed by atoms with Crippen molar-refractivity contribution in [1.29, 1.82) is 0 Å². The lowest BCUT2D eigenvalue weighted by Crippen LogP contribution is -2.60. The molecule has 1 aliphatic carbocycles. The summed E-state index contributed by atoms with van der Waals surface area (Å²) in [4.78, 5) is 0. The number of thioether (sulfide) groups is 4. The molecule has 3 saturated heterocycles. The van der Waals surface area contributed by atoms with Crippen molar-refractivity contribution in [2.24, 2.45) is 0 Å². The van der Waals surface area contributed by atoms with Gasteiger partial charge in [-0.15, -0.1) is 47.0 Å². The largest absolute Gasteiger partial charge is 0.407 e. The fourth-order valence-corrected chi connectivity index (χ4v) is 12.9. The molecule has 0 N–H and O–H groups in total. The smallest absolute Gasteiger partial charge is 0.193 e. The van der Waals surface area contributed by atoms with Crippen LogP contribution in [0.25, 0.3) is 0 Å². The van der Waals surface area contributed by atoms with Gasteiger partial charge in [0.05, 0.1) is 15.8 Å². The Morgan fingerprint density at radius 1 is 1.03 bits per heavy atom. The number of hydrogen-bond donors (Lipinski definition) is 0. The van der Waals surface area contributed by atoms with Crippen LogP contribution in [-0.2, 0) is 13.9 Å². The minimum absolute atomic E-state index is 0.0146. The summed E-state index contributed by atoms with van der Waals surface area (Å²) in [7, 11) is -0.156. The van der Waals surface area contributed by atoms with Crippen molar-refractivity contribution in [2.75, 3.05) is 30.1 Å². The molecular formula is C25H44O3S4Si. The zero-order chi connectivity index (χ0) is 24.0. The summed E-state index contributed by atoms with van der Waals surface area (Å²) in [5, 5.41) is 0.167. The van der Waals surface area contributed by atoms with Gasteiger partial charge in [0.15, 0.2) is 14.6 Å². The second kappa shape index (κ2) is 10.2. The molecule has 3 nitrogen and oxygen atoms in total. The van der Waals surface area contributed by atoms with Gasteiger partial charge in [0.1, 0.15) is 4.08 Å². The molecule has 3 fully saturated rings. The van der Waals surface area contributed by atoms with Gasteiger partial charge in [0.25, 0.3) is 0 Å². The molecule has 0 saturated carbocycles. The van der Waals surface area contributed by atoms with E-state index in [1.165, 1.54) is 41.4 Å². The molecule has 4 aliphatic rings. The summed E-state index contributed by atoms with van der Waals surface area (Å²) in [6.07, 6.45) is 9.35. The number of allylic oxidation sites excluding steroid dienone is 1. The molecule has 190 valence electrons. The van der Waals surface area contributed by atoms with E-state index in [-0.39, 0.29) is 27.1 Å². The van der Waals surface area contributed by atoms with E-state index in [2.05, 4.69) is 93.9 Å². The minimum Gasteiger partial charge on any atom is -0.407 e. The summed E-state index contributed by atoms with van der Waals surface area (Å²) in [5.41, 5.74) is 1.13. The van der Waals surface area contributed by atoms with E-state index in [0.717, 1.165) is 25.7 Å². The average molecular weight is 549 g/mol. The van der Waals surface area contributed by atoms with Crippen molar-refractivity contribution < 1.29 is 13.9 Å². The molecule has 0 aromatic rings. The molecule has 33 heavy (non-hydrogen) atoms. The zero-order valence-electron chi connectivity index (χ0n) is 21.7. The lowest BCUT2D eigenvalue weighted by atomic mass is 9.81. The Morgan fingerprint density at radius 2 is 1.70 bits per heavy atom. The van der Waals surface area contributed by atoms with Gasteiger partial charge in [0, 0.05) is 18.6 Å². The lowest BCUT2D eigenvalue weighted by Gasteiger charge is -2.54. The first-order valence-corrected chi connectivity index (χ1v) is 19.4. The van der Waals surface area contributed by atoms with Gasteiger partial charge >= 0.3 is 0 Å². The van der Waals surface area contributed by atoms with E-state index in [4.69, 9.17) is 13.9 Å². The second-order valence-corrected chi connectivity index (χ2v) is 22.8. The molecule has 0 bridgehead atoms. The maximum Gasteiger partial charge on any atom is 0.193 e. The summed E-state index contributed by atoms with van der Waals surface area (Å²) in [6.45, 7) is 14.1. The lowest BCUT2D eigenvalue weighted by molar-refractivity contribution is -0.242.